The number of amidine groups is 1. The lowest BCUT2D eigenvalue weighted by atomic mass is 10.1. The molecule has 0 fully saturated rings. The van der Waals surface area contributed by atoms with E-state index in [1.165, 1.54) is 0 Å². The number of pyridine rings is 1. The molecule has 0 aromatic carbocycles. The molecule has 0 radical (unpaired) electrons. The standard InChI is InChI=1S/C12H14F3N3O/c13-12(14,15)4-5-19-11-8(10(16)17)6-7-2-1-3-9(7)18-11/h6H,1-5H2,(H3,16,17). The van der Waals surface area contributed by atoms with Crippen molar-refractivity contribution in [2.75, 3.05) is 6.61 Å². The molecule has 0 bridgehead atoms. The number of nitrogens with one attached hydrogen (secondary N) is 1. The summed E-state index contributed by atoms with van der Waals surface area (Å²) in [5.74, 6) is -0.221. The fourth-order valence-corrected chi connectivity index (χ4v) is 2.02. The third-order valence-corrected chi connectivity index (χ3v) is 2.93. The van der Waals surface area contributed by atoms with E-state index in [0.717, 1.165) is 30.5 Å². The number of hydrogen-bond donors (Lipinski definition) is 2. The molecular weight excluding hydrogens is 259 g/mol. The number of nitrogens with two attached hydrogens (primary N) is 1. The highest BCUT2D eigenvalue weighted by atomic mass is 19.4. The van der Waals surface area contributed by atoms with Crippen LogP contribution in [-0.4, -0.2) is 23.6 Å². The van der Waals surface area contributed by atoms with Gasteiger partial charge in [0.25, 0.3) is 0 Å². The first-order valence-corrected chi connectivity index (χ1v) is 5.93. The van der Waals surface area contributed by atoms with Crippen molar-refractivity contribution in [2.45, 2.75) is 31.9 Å². The minimum Gasteiger partial charge on any atom is -0.477 e. The molecule has 104 valence electrons. The molecule has 0 spiro atoms. The molecule has 0 saturated heterocycles. The minimum atomic E-state index is -4.27. The maximum absolute atomic E-state index is 12.1. The van der Waals surface area contributed by atoms with Crippen molar-refractivity contribution in [3.8, 4) is 5.88 Å². The Morgan fingerprint density at radius 3 is 2.79 bits per heavy atom. The van der Waals surface area contributed by atoms with Gasteiger partial charge in [-0.05, 0) is 30.9 Å². The van der Waals surface area contributed by atoms with Crippen molar-refractivity contribution in [2.24, 2.45) is 5.73 Å². The van der Waals surface area contributed by atoms with E-state index in [1.54, 1.807) is 6.07 Å². The maximum atomic E-state index is 12.1. The largest absolute Gasteiger partial charge is 0.477 e. The van der Waals surface area contributed by atoms with E-state index in [0.29, 0.717) is 0 Å². The van der Waals surface area contributed by atoms with Crippen LogP contribution in [-0.2, 0) is 12.8 Å². The van der Waals surface area contributed by atoms with Crippen LogP contribution < -0.4 is 10.5 Å². The summed E-state index contributed by atoms with van der Waals surface area (Å²) in [5.41, 5.74) is 7.49. The predicted octanol–water partition coefficient (Wildman–Crippen LogP) is 2.19. The van der Waals surface area contributed by atoms with Gasteiger partial charge < -0.3 is 10.5 Å². The highest BCUT2D eigenvalue weighted by Crippen LogP contribution is 2.27. The summed E-state index contributed by atoms with van der Waals surface area (Å²) in [4.78, 5) is 4.18. The zero-order valence-corrected chi connectivity index (χ0v) is 10.2. The minimum absolute atomic E-state index is 0.0254. The fraction of sp³-hybridized carbons (Fsp3) is 0.500. The monoisotopic (exact) mass is 273 g/mol. The first-order valence-electron chi connectivity index (χ1n) is 5.93. The predicted molar refractivity (Wildman–Crippen MR) is 63.4 cm³/mol. The average molecular weight is 273 g/mol. The molecule has 7 heteroatoms. The molecule has 0 saturated carbocycles. The van der Waals surface area contributed by atoms with Gasteiger partial charge in [-0.15, -0.1) is 0 Å². The summed E-state index contributed by atoms with van der Waals surface area (Å²) in [7, 11) is 0. The van der Waals surface area contributed by atoms with Crippen molar-refractivity contribution in [1.82, 2.24) is 4.98 Å². The van der Waals surface area contributed by atoms with E-state index >= 15 is 0 Å². The molecule has 3 N–H and O–H groups in total. The number of ether oxygens (including phenoxy) is 1. The van der Waals surface area contributed by atoms with Gasteiger partial charge in [0.1, 0.15) is 5.84 Å². The molecule has 1 heterocycles. The molecule has 0 aliphatic heterocycles. The Hall–Kier alpha value is -1.79. The Morgan fingerprint density at radius 2 is 2.16 bits per heavy atom. The topological polar surface area (TPSA) is 72.0 Å². The van der Waals surface area contributed by atoms with Gasteiger partial charge >= 0.3 is 6.18 Å². The Bertz CT molecular complexity index is 500. The van der Waals surface area contributed by atoms with Crippen molar-refractivity contribution in [3.63, 3.8) is 0 Å². The highest BCUT2D eigenvalue weighted by Gasteiger charge is 2.27. The summed E-state index contributed by atoms with van der Waals surface area (Å²) in [6.07, 6.45) is -2.74. The van der Waals surface area contributed by atoms with Gasteiger partial charge in [-0.3, -0.25) is 5.41 Å². The van der Waals surface area contributed by atoms with E-state index in [9.17, 15) is 13.2 Å². The SMILES string of the molecule is N=C(N)c1cc2c(nc1OCCC(F)(F)F)CCC2. The molecule has 1 aromatic rings. The van der Waals surface area contributed by atoms with Gasteiger partial charge in [0.2, 0.25) is 5.88 Å². The van der Waals surface area contributed by atoms with Crippen molar-refractivity contribution < 1.29 is 17.9 Å². The number of hydrogen-bond acceptors (Lipinski definition) is 3. The molecule has 2 rings (SSSR count). The first-order chi connectivity index (χ1) is 8.87. The van der Waals surface area contributed by atoms with Crippen LogP contribution in [0, 0.1) is 5.41 Å². The lowest BCUT2D eigenvalue weighted by Crippen LogP contribution is -2.18. The van der Waals surface area contributed by atoms with Gasteiger partial charge in [0.05, 0.1) is 18.6 Å². The van der Waals surface area contributed by atoms with Crippen LogP contribution in [0.4, 0.5) is 13.2 Å². The van der Waals surface area contributed by atoms with Crippen LogP contribution in [0.25, 0.3) is 0 Å². The number of aryl methyl sites for hydroxylation is 2. The molecule has 1 aliphatic rings. The van der Waals surface area contributed by atoms with Gasteiger partial charge in [-0.25, -0.2) is 4.98 Å². The molecule has 19 heavy (non-hydrogen) atoms. The Morgan fingerprint density at radius 1 is 1.42 bits per heavy atom. The highest BCUT2D eigenvalue weighted by molar-refractivity contribution is 5.97. The summed E-state index contributed by atoms with van der Waals surface area (Å²) in [6, 6.07) is 1.70. The normalized spacial score (nSPS) is 14.3. The first kappa shape index (κ1) is 13.6. The van der Waals surface area contributed by atoms with Gasteiger partial charge in [0.15, 0.2) is 0 Å². The number of fused-ring (bicyclic) bond motifs is 1. The molecular formula is C12H14F3N3O. The van der Waals surface area contributed by atoms with E-state index in [4.69, 9.17) is 15.9 Å². The number of halogens is 3. The number of nitrogens with zero attached hydrogens (tertiary/aromatic N) is 1. The van der Waals surface area contributed by atoms with Crippen LogP contribution >= 0.6 is 0 Å². The second-order valence-corrected chi connectivity index (χ2v) is 4.43. The van der Waals surface area contributed by atoms with E-state index in [1.807, 2.05) is 0 Å². The second-order valence-electron chi connectivity index (χ2n) is 4.43. The van der Waals surface area contributed by atoms with Crippen molar-refractivity contribution in [1.29, 1.82) is 5.41 Å². The summed E-state index contributed by atoms with van der Waals surface area (Å²) in [6.45, 7) is -0.518. The lowest BCUT2D eigenvalue weighted by Gasteiger charge is -2.12. The van der Waals surface area contributed by atoms with Crippen LogP contribution in [0.2, 0.25) is 0 Å². The zero-order chi connectivity index (χ0) is 14.0. The third-order valence-electron chi connectivity index (χ3n) is 2.93. The lowest BCUT2D eigenvalue weighted by molar-refractivity contribution is -0.139. The van der Waals surface area contributed by atoms with Crippen LogP contribution in [0.15, 0.2) is 6.07 Å². The van der Waals surface area contributed by atoms with Crippen molar-refractivity contribution in [3.05, 3.63) is 22.9 Å². The molecule has 4 nitrogen and oxygen atoms in total. The molecule has 0 amide bonds. The van der Waals surface area contributed by atoms with E-state index in [-0.39, 0.29) is 17.3 Å². The second kappa shape index (κ2) is 5.07. The van der Waals surface area contributed by atoms with Gasteiger partial charge in [-0.2, -0.15) is 13.2 Å². The molecule has 1 aliphatic carbocycles. The Labute approximate surface area is 108 Å². The number of alkyl halides is 3. The quantitative estimate of drug-likeness (QED) is 0.652. The van der Waals surface area contributed by atoms with Crippen LogP contribution in [0.5, 0.6) is 5.88 Å². The van der Waals surface area contributed by atoms with Gasteiger partial charge in [0, 0.05) is 5.69 Å². The molecule has 0 unspecified atom stereocenters. The fourth-order valence-electron chi connectivity index (χ4n) is 2.02. The van der Waals surface area contributed by atoms with Crippen molar-refractivity contribution >= 4 is 5.84 Å². The number of aromatic nitrogens is 1. The zero-order valence-electron chi connectivity index (χ0n) is 10.2. The van der Waals surface area contributed by atoms with E-state index < -0.39 is 19.2 Å². The van der Waals surface area contributed by atoms with Crippen LogP contribution in [0.3, 0.4) is 0 Å². The Balaban J connectivity index is 2.16. The summed E-state index contributed by atoms with van der Waals surface area (Å²) >= 11 is 0. The smallest absolute Gasteiger partial charge is 0.392 e. The molecule has 0 atom stereocenters. The number of rotatable bonds is 4. The van der Waals surface area contributed by atoms with E-state index in [2.05, 4.69) is 4.98 Å². The molecule has 1 aromatic heterocycles. The Kier molecular flexibility index (Phi) is 3.64. The van der Waals surface area contributed by atoms with Gasteiger partial charge in [-0.1, -0.05) is 0 Å². The number of nitrogen functional groups attached to an aromatic ring is 1. The maximum Gasteiger partial charge on any atom is 0.392 e. The van der Waals surface area contributed by atoms with Crippen LogP contribution in [0.1, 0.15) is 29.7 Å². The third kappa shape index (κ3) is 3.36. The average Bonchev–Trinajstić information content (AvgIpc) is 2.72. The summed E-state index contributed by atoms with van der Waals surface area (Å²) in [5, 5.41) is 7.43. The summed E-state index contributed by atoms with van der Waals surface area (Å²) < 4.78 is 41.3.